The molecule has 0 bridgehead atoms. The number of rotatable bonds is 4. The molecule has 0 aliphatic heterocycles. The van der Waals surface area contributed by atoms with Crippen LogP contribution >= 0.6 is 0 Å². The van der Waals surface area contributed by atoms with Crippen molar-refractivity contribution in [1.82, 2.24) is 0 Å². The molecule has 3 N–H and O–H groups in total. The SMILES string of the molecule is Cc1ccc(C[NH2+]C(C)(C)CO)cc1. The first kappa shape index (κ1) is 11.2. The van der Waals surface area contributed by atoms with Crippen molar-refractivity contribution >= 4 is 0 Å². The van der Waals surface area contributed by atoms with Crippen molar-refractivity contribution in [1.29, 1.82) is 0 Å². The minimum Gasteiger partial charge on any atom is -0.390 e. The van der Waals surface area contributed by atoms with E-state index in [0.29, 0.717) is 0 Å². The lowest BCUT2D eigenvalue weighted by molar-refractivity contribution is -0.736. The number of aryl methyl sites for hydroxylation is 1. The van der Waals surface area contributed by atoms with Crippen molar-refractivity contribution in [3.8, 4) is 0 Å². The lowest BCUT2D eigenvalue weighted by Crippen LogP contribution is -2.95. The molecule has 1 aromatic carbocycles. The standard InChI is InChI=1S/C12H19NO/c1-10-4-6-11(7-5-10)8-13-12(2,3)9-14/h4-7,13-14H,8-9H2,1-3H3/p+1. The highest BCUT2D eigenvalue weighted by Gasteiger charge is 2.18. The van der Waals surface area contributed by atoms with Crippen LogP contribution in [0.15, 0.2) is 24.3 Å². The van der Waals surface area contributed by atoms with Crippen LogP contribution in [-0.4, -0.2) is 17.3 Å². The van der Waals surface area contributed by atoms with Crippen molar-refractivity contribution in [2.45, 2.75) is 32.9 Å². The summed E-state index contributed by atoms with van der Waals surface area (Å²) in [5, 5.41) is 11.2. The summed E-state index contributed by atoms with van der Waals surface area (Å²) in [6, 6.07) is 8.52. The number of aliphatic hydroxyl groups is 1. The molecule has 0 atom stereocenters. The van der Waals surface area contributed by atoms with Crippen LogP contribution in [0, 0.1) is 6.92 Å². The molecular formula is C12H20NO+. The normalized spacial score (nSPS) is 11.7. The Labute approximate surface area is 86.0 Å². The molecule has 0 aliphatic rings. The Kier molecular flexibility index (Phi) is 3.67. The lowest BCUT2D eigenvalue weighted by atomic mass is 10.1. The van der Waals surface area contributed by atoms with Gasteiger partial charge in [0.1, 0.15) is 12.1 Å². The summed E-state index contributed by atoms with van der Waals surface area (Å²) in [5.41, 5.74) is 2.51. The molecule has 14 heavy (non-hydrogen) atoms. The third-order valence-corrected chi connectivity index (χ3v) is 2.42. The van der Waals surface area contributed by atoms with Gasteiger partial charge in [-0.25, -0.2) is 0 Å². The molecule has 1 aromatic rings. The van der Waals surface area contributed by atoms with E-state index in [-0.39, 0.29) is 12.1 Å². The fraction of sp³-hybridized carbons (Fsp3) is 0.500. The Bertz CT molecular complexity index is 277. The summed E-state index contributed by atoms with van der Waals surface area (Å²) >= 11 is 0. The summed E-state index contributed by atoms with van der Waals surface area (Å²) in [5.74, 6) is 0. The Morgan fingerprint density at radius 1 is 1.21 bits per heavy atom. The Balaban J connectivity index is 2.50. The van der Waals surface area contributed by atoms with Gasteiger partial charge in [0, 0.05) is 5.56 Å². The van der Waals surface area contributed by atoms with Crippen LogP contribution in [0.2, 0.25) is 0 Å². The van der Waals surface area contributed by atoms with E-state index in [1.54, 1.807) is 0 Å². The first-order valence-corrected chi connectivity index (χ1v) is 5.04. The molecule has 0 aliphatic carbocycles. The zero-order valence-electron chi connectivity index (χ0n) is 9.25. The molecule has 1 rings (SSSR count). The van der Waals surface area contributed by atoms with E-state index in [1.807, 2.05) is 13.8 Å². The highest BCUT2D eigenvalue weighted by Crippen LogP contribution is 2.01. The van der Waals surface area contributed by atoms with E-state index in [2.05, 4.69) is 36.5 Å². The van der Waals surface area contributed by atoms with Gasteiger partial charge >= 0.3 is 0 Å². The third-order valence-electron chi connectivity index (χ3n) is 2.42. The smallest absolute Gasteiger partial charge is 0.114 e. The molecule has 0 heterocycles. The fourth-order valence-corrected chi connectivity index (χ4v) is 1.18. The van der Waals surface area contributed by atoms with Gasteiger partial charge in [0.15, 0.2) is 0 Å². The maximum atomic E-state index is 9.08. The largest absolute Gasteiger partial charge is 0.390 e. The Morgan fingerprint density at radius 2 is 1.79 bits per heavy atom. The summed E-state index contributed by atoms with van der Waals surface area (Å²) in [6.45, 7) is 7.31. The zero-order chi connectivity index (χ0) is 10.6. The van der Waals surface area contributed by atoms with Gasteiger partial charge in [0.05, 0.1) is 6.61 Å². The van der Waals surface area contributed by atoms with Crippen LogP contribution in [0.25, 0.3) is 0 Å². The molecule has 0 fully saturated rings. The predicted molar refractivity (Wildman–Crippen MR) is 58.0 cm³/mol. The molecule has 0 amide bonds. The van der Waals surface area contributed by atoms with Crippen molar-refractivity contribution < 1.29 is 10.4 Å². The molecule has 0 spiro atoms. The highest BCUT2D eigenvalue weighted by atomic mass is 16.3. The van der Waals surface area contributed by atoms with Crippen molar-refractivity contribution in [2.24, 2.45) is 0 Å². The Hall–Kier alpha value is -0.860. The predicted octanol–water partition coefficient (Wildman–Crippen LogP) is 0.829. The van der Waals surface area contributed by atoms with Crippen LogP contribution in [0.4, 0.5) is 0 Å². The van der Waals surface area contributed by atoms with E-state index < -0.39 is 0 Å². The summed E-state index contributed by atoms with van der Waals surface area (Å²) in [7, 11) is 0. The van der Waals surface area contributed by atoms with Gasteiger partial charge in [0.25, 0.3) is 0 Å². The summed E-state index contributed by atoms with van der Waals surface area (Å²) in [4.78, 5) is 0. The summed E-state index contributed by atoms with van der Waals surface area (Å²) < 4.78 is 0. The number of hydrogen-bond donors (Lipinski definition) is 2. The molecule has 0 aromatic heterocycles. The fourth-order valence-electron chi connectivity index (χ4n) is 1.18. The van der Waals surface area contributed by atoms with Crippen LogP contribution in [0.5, 0.6) is 0 Å². The highest BCUT2D eigenvalue weighted by molar-refractivity contribution is 5.20. The number of nitrogens with two attached hydrogens (primary N) is 1. The number of hydrogen-bond acceptors (Lipinski definition) is 1. The molecule has 0 saturated heterocycles. The first-order chi connectivity index (χ1) is 6.53. The Morgan fingerprint density at radius 3 is 2.29 bits per heavy atom. The average Bonchev–Trinajstić information content (AvgIpc) is 2.17. The van der Waals surface area contributed by atoms with E-state index in [4.69, 9.17) is 5.11 Å². The minimum atomic E-state index is -0.0785. The van der Waals surface area contributed by atoms with Gasteiger partial charge in [-0.2, -0.15) is 0 Å². The van der Waals surface area contributed by atoms with Crippen molar-refractivity contribution in [3.05, 3.63) is 35.4 Å². The molecule has 0 saturated carbocycles. The van der Waals surface area contributed by atoms with Crippen molar-refractivity contribution in [3.63, 3.8) is 0 Å². The van der Waals surface area contributed by atoms with E-state index in [1.165, 1.54) is 11.1 Å². The molecule has 0 unspecified atom stereocenters. The quantitative estimate of drug-likeness (QED) is 0.732. The third kappa shape index (κ3) is 3.48. The summed E-state index contributed by atoms with van der Waals surface area (Å²) in [6.07, 6.45) is 0. The van der Waals surface area contributed by atoms with Gasteiger partial charge in [0.2, 0.25) is 0 Å². The molecular weight excluding hydrogens is 174 g/mol. The topological polar surface area (TPSA) is 36.8 Å². The van der Waals surface area contributed by atoms with Crippen molar-refractivity contribution in [2.75, 3.05) is 6.61 Å². The van der Waals surface area contributed by atoms with E-state index >= 15 is 0 Å². The van der Waals surface area contributed by atoms with Crippen LogP contribution < -0.4 is 5.32 Å². The average molecular weight is 194 g/mol. The maximum absolute atomic E-state index is 9.08. The van der Waals surface area contributed by atoms with Gasteiger partial charge in [-0.05, 0) is 20.8 Å². The van der Waals surface area contributed by atoms with Crippen LogP contribution in [0.3, 0.4) is 0 Å². The number of aliphatic hydroxyl groups excluding tert-OH is 1. The van der Waals surface area contributed by atoms with Gasteiger partial charge in [-0.1, -0.05) is 29.8 Å². The van der Waals surface area contributed by atoms with Crippen LogP contribution in [-0.2, 0) is 6.54 Å². The number of quaternary nitrogens is 1. The van der Waals surface area contributed by atoms with Gasteiger partial charge < -0.3 is 10.4 Å². The first-order valence-electron chi connectivity index (χ1n) is 5.04. The molecule has 2 nitrogen and oxygen atoms in total. The van der Waals surface area contributed by atoms with E-state index in [0.717, 1.165) is 6.54 Å². The van der Waals surface area contributed by atoms with Gasteiger partial charge in [-0.15, -0.1) is 0 Å². The minimum absolute atomic E-state index is 0.0785. The second kappa shape index (κ2) is 4.58. The molecule has 0 radical (unpaired) electrons. The van der Waals surface area contributed by atoms with Crippen LogP contribution in [0.1, 0.15) is 25.0 Å². The van der Waals surface area contributed by atoms with Gasteiger partial charge in [-0.3, -0.25) is 0 Å². The monoisotopic (exact) mass is 194 g/mol. The molecule has 2 heteroatoms. The lowest BCUT2D eigenvalue weighted by Gasteiger charge is -2.19. The molecule has 78 valence electrons. The second-order valence-corrected chi connectivity index (χ2v) is 4.54. The zero-order valence-corrected chi connectivity index (χ0v) is 9.25. The number of benzene rings is 1. The second-order valence-electron chi connectivity index (χ2n) is 4.54. The van der Waals surface area contributed by atoms with E-state index in [9.17, 15) is 0 Å². The maximum Gasteiger partial charge on any atom is 0.114 e.